The van der Waals surface area contributed by atoms with Crippen LogP contribution in [-0.4, -0.2) is 30.0 Å². The maximum atomic E-state index is 12.0. The molecule has 0 bridgehead atoms. The molecule has 7 nitrogen and oxygen atoms in total. The average molecular weight is 429 g/mol. The number of carbonyl (C=O) groups excluding carboxylic acids is 1. The van der Waals surface area contributed by atoms with Crippen molar-refractivity contribution in [3.05, 3.63) is 64.8 Å². The zero-order chi connectivity index (χ0) is 19.2. The molecular formula is C19H17BrN4O3. The Morgan fingerprint density at radius 2 is 1.96 bits per heavy atom. The molecule has 0 unspecified atom stereocenters. The fraction of sp³-hybridized carbons (Fsp3) is 0.105. The lowest BCUT2D eigenvalue weighted by atomic mass is 10.2. The van der Waals surface area contributed by atoms with Crippen molar-refractivity contribution in [2.24, 2.45) is 0 Å². The van der Waals surface area contributed by atoms with E-state index >= 15 is 0 Å². The first kappa shape index (κ1) is 18.7. The van der Waals surface area contributed by atoms with Crippen molar-refractivity contribution in [2.45, 2.75) is 0 Å². The second kappa shape index (κ2) is 8.50. The number of amides is 1. The molecule has 0 aliphatic rings. The number of methoxy groups -OCH3 is 1. The number of hydrogen-bond acceptors (Lipinski definition) is 6. The third-order valence-electron chi connectivity index (χ3n) is 3.60. The van der Waals surface area contributed by atoms with Crippen LogP contribution in [0.1, 0.15) is 10.4 Å². The Bertz CT molecular complexity index is 965. The molecule has 0 saturated carbocycles. The number of nitrogens with zero attached hydrogens (tertiary/aromatic N) is 2. The van der Waals surface area contributed by atoms with Gasteiger partial charge >= 0.3 is 0 Å². The molecule has 3 rings (SSSR count). The Kier molecular flexibility index (Phi) is 5.87. The molecule has 8 heteroatoms. The highest BCUT2D eigenvalue weighted by Crippen LogP contribution is 2.31. The molecule has 0 aliphatic heterocycles. The van der Waals surface area contributed by atoms with Gasteiger partial charge in [-0.2, -0.15) is 4.98 Å². The Morgan fingerprint density at radius 1 is 1.15 bits per heavy atom. The van der Waals surface area contributed by atoms with Gasteiger partial charge in [-0.15, -0.1) is 0 Å². The zero-order valence-corrected chi connectivity index (χ0v) is 16.3. The molecule has 1 amide bonds. The van der Waals surface area contributed by atoms with E-state index in [1.165, 1.54) is 0 Å². The second-order valence-corrected chi connectivity index (χ2v) is 6.24. The van der Waals surface area contributed by atoms with Crippen LogP contribution in [0.4, 0.5) is 11.6 Å². The standard InChI is InChI=1S/C19H17BrN4O3/c1-21-17(25)14-8-3-4-9-16(14)27-18-15(20)11-22-19(24-18)23-12-6-5-7-13(10-12)26-2/h3-11H,1-2H3,(H,21,25)(H,22,23,24). The van der Waals surface area contributed by atoms with Crippen LogP contribution < -0.4 is 20.1 Å². The van der Waals surface area contributed by atoms with E-state index in [2.05, 4.69) is 36.5 Å². The van der Waals surface area contributed by atoms with Crippen molar-refractivity contribution in [1.29, 1.82) is 0 Å². The van der Waals surface area contributed by atoms with E-state index < -0.39 is 0 Å². The monoisotopic (exact) mass is 428 g/mol. The number of nitrogens with one attached hydrogen (secondary N) is 2. The van der Waals surface area contributed by atoms with Crippen LogP contribution in [0.25, 0.3) is 0 Å². The van der Waals surface area contributed by atoms with Crippen LogP contribution in [0.3, 0.4) is 0 Å². The van der Waals surface area contributed by atoms with E-state index in [1.54, 1.807) is 44.6 Å². The highest BCUT2D eigenvalue weighted by Gasteiger charge is 2.14. The van der Waals surface area contributed by atoms with Crippen LogP contribution in [-0.2, 0) is 0 Å². The fourth-order valence-electron chi connectivity index (χ4n) is 2.30. The lowest BCUT2D eigenvalue weighted by Crippen LogP contribution is -2.18. The number of rotatable bonds is 6. The molecule has 2 aromatic carbocycles. The molecule has 2 N–H and O–H groups in total. The Hall–Kier alpha value is -3.13. The molecule has 0 atom stereocenters. The predicted molar refractivity (Wildman–Crippen MR) is 106 cm³/mol. The van der Waals surface area contributed by atoms with Gasteiger partial charge in [-0.1, -0.05) is 18.2 Å². The molecule has 0 fully saturated rings. The van der Waals surface area contributed by atoms with Gasteiger partial charge in [0, 0.05) is 18.8 Å². The molecule has 0 aliphatic carbocycles. The van der Waals surface area contributed by atoms with Gasteiger partial charge in [-0.05, 0) is 40.2 Å². The third kappa shape index (κ3) is 4.53. The van der Waals surface area contributed by atoms with Gasteiger partial charge in [-0.25, -0.2) is 4.98 Å². The summed E-state index contributed by atoms with van der Waals surface area (Å²) in [6, 6.07) is 14.3. The number of ether oxygens (including phenoxy) is 2. The van der Waals surface area contributed by atoms with Crippen molar-refractivity contribution in [2.75, 3.05) is 19.5 Å². The zero-order valence-electron chi connectivity index (χ0n) is 14.7. The first-order valence-electron chi connectivity index (χ1n) is 8.03. The van der Waals surface area contributed by atoms with E-state index in [1.807, 2.05) is 24.3 Å². The second-order valence-electron chi connectivity index (χ2n) is 5.38. The number of benzene rings is 2. The fourth-order valence-corrected chi connectivity index (χ4v) is 2.57. The van der Waals surface area contributed by atoms with Gasteiger partial charge in [0.1, 0.15) is 11.5 Å². The predicted octanol–water partition coefficient (Wildman–Crippen LogP) is 4.14. The Morgan fingerprint density at radius 3 is 2.74 bits per heavy atom. The summed E-state index contributed by atoms with van der Waals surface area (Å²) in [7, 11) is 3.17. The van der Waals surface area contributed by atoms with Crippen LogP contribution in [0.15, 0.2) is 59.2 Å². The topological polar surface area (TPSA) is 85.4 Å². The van der Waals surface area contributed by atoms with Gasteiger partial charge < -0.3 is 20.1 Å². The van der Waals surface area contributed by atoms with Gasteiger partial charge in [-0.3, -0.25) is 4.79 Å². The largest absolute Gasteiger partial charge is 0.497 e. The van der Waals surface area contributed by atoms with Crippen molar-refractivity contribution in [3.8, 4) is 17.4 Å². The van der Waals surface area contributed by atoms with E-state index in [0.717, 1.165) is 5.69 Å². The van der Waals surface area contributed by atoms with Crippen molar-refractivity contribution in [1.82, 2.24) is 15.3 Å². The molecule has 138 valence electrons. The van der Waals surface area contributed by atoms with Crippen molar-refractivity contribution >= 4 is 33.5 Å². The molecular weight excluding hydrogens is 412 g/mol. The summed E-state index contributed by atoms with van der Waals surface area (Å²) in [6.07, 6.45) is 1.58. The summed E-state index contributed by atoms with van der Waals surface area (Å²) < 4.78 is 11.6. The van der Waals surface area contributed by atoms with Gasteiger partial charge in [0.15, 0.2) is 0 Å². The summed E-state index contributed by atoms with van der Waals surface area (Å²) in [5.41, 5.74) is 1.18. The minimum atomic E-state index is -0.245. The maximum Gasteiger partial charge on any atom is 0.254 e. The van der Waals surface area contributed by atoms with Gasteiger partial charge in [0.05, 0.1) is 23.3 Å². The molecule has 1 aromatic heterocycles. The molecule has 0 spiro atoms. The summed E-state index contributed by atoms with van der Waals surface area (Å²) >= 11 is 3.38. The van der Waals surface area contributed by atoms with Crippen molar-refractivity contribution in [3.63, 3.8) is 0 Å². The maximum absolute atomic E-state index is 12.0. The highest BCUT2D eigenvalue weighted by atomic mass is 79.9. The third-order valence-corrected chi connectivity index (χ3v) is 4.15. The van der Waals surface area contributed by atoms with Crippen molar-refractivity contribution < 1.29 is 14.3 Å². The Labute approximate surface area is 164 Å². The minimum Gasteiger partial charge on any atom is -0.497 e. The summed E-state index contributed by atoms with van der Waals surface area (Å²) in [6.45, 7) is 0. The summed E-state index contributed by atoms with van der Waals surface area (Å²) in [4.78, 5) is 20.6. The molecule has 3 aromatic rings. The number of hydrogen-bond donors (Lipinski definition) is 2. The molecule has 0 radical (unpaired) electrons. The van der Waals surface area contributed by atoms with E-state index in [-0.39, 0.29) is 11.8 Å². The number of para-hydroxylation sites is 1. The molecule has 27 heavy (non-hydrogen) atoms. The average Bonchev–Trinajstić information content (AvgIpc) is 2.70. The number of aromatic nitrogens is 2. The lowest BCUT2D eigenvalue weighted by molar-refractivity contribution is 0.0960. The number of halogens is 1. The first-order chi connectivity index (χ1) is 13.1. The smallest absolute Gasteiger partial charge is 0.254 e. The SMILES string of the molecule is CNC(=O)c1ccccc1Oc1nc(Nc2cccc(OC)c2)ncc1Br. The Balaban J connectivity index is 1.87. The lowest BCUT2D eigenvalue weighted by Gasteiger charge is -2.12. The normalized spacial score (nSPS) is 10.2. The summed E-state index contributed by atoms with van der Waals surface area (Å²) in [5.74, 6) is 1.49. The number of carbonyl (C=O) groups is 1. The van der Waals surface area contributed by atoms with E-state index in [4.69, 9.17) is 9.47 Å². The van der Waals surface area contributed by atoms with Gasteiger partial charge in [0.25, 0.3) is 5.91 Å². The van der Waals surface area contributed by atoms with Gasteiger partial charge in [0.2, 0.25) is 11.8 Å². The number of anilines is 2. The quantitative estimate of drug-likeness (QED) is 0.613. The van der Waals surface area contributed by atoms with Crippen LogP contribution in [0.5, 0.6) is 17.4 Å². The van der Waals surface area contributed by atoms with Crippen LogP contribution in [0, 0.1) is 0 Å². The molecule has 1 heterocycles. The molecule has 0 saturated heterocycles. The summed E-state index contributed by atoms with van der Waals surface area (Å²) in [5, 5.41) is 5.69. The highest BCUT2D eigenvalue weighted by molar-refractivity contribution is 9.10. The van der Waals surface area contributed by atoms with E-state index in [9.17, 15) is 4.79 Å². The van der Waals surface area contributed by atoms with E-state index in [0.29, 0.717) is 27.5 Å². The minimum absolute atomic E-state index is 0.245. The van der Waals surface area contributed by atoms with Crippen LogP contribution >= 0.6 is 15.9 Å². The first-order valence-corrected chi connectivity index (χ1v) is 8.82. The van der Waals surface area contributed by atoms with Crippen LogP contribution in [0.2, 0.25) is 0 Å².